The molecule has 3 aromatic rings. The first kappa shape index (κ1) is 30.4. The molecule has 1 aliphatic rings. The Morgan fingerprint density at radius 2 is 1.85 bits per heavy atom. The van der Waals surface area contributed by atoms with Crippen molar-refractivity contribution in [3.8, 4) is 0 Å². The number of carbonyl (C=O) groups is 1. The van der Waals surface area contributed by atoms with Crippen molar-refractivity contribution in [1.82, 2.24) is 29.6 Å². The molecule has 1 saturated heterocycles. The van der Waals surface area contributed by atoms with Crippen LogP contribution in [0.3, 0.4) is 0 Å². The largest absolute Gasteiger partial charge is 0.444 e. The lowest BCUT2D eigenvalue weighted by Gasteiger charge is -2.44. The average Bonchev–Trinajstić information content (AvgIpc) is 3.25. The molecule has 0 unspecified atom stereocenters. The number of aryl methyl sites for hydroxylation is 1. The van der Waals surface area contributed by atoms with Crippen LogP contribution in [-0.4, -0.2) is 86.3 Å². The highest BCUT2D eigenvalue weighted by atomic mass is 16.6. The molecule has 2 atom stereocenters. The van der Waals surface area contributed by atoms with E-state index in [-0.39, 0.29) is 18.2 Å². The SMILES string of the molecule is CCOCCn1nc(COCC)c2nc(N3C[C@H](C)N(C(=O)OC(C)(C)C)C[C@@H]3C)nc(Nc3cc(C)ccn3)c21. The molecule has 0 spiro atoms. The molecule has 1 aliphatic heterocycles. The van der Waals surface area contributed by atoms with Gasteiger partial charge in [-0.2, -0.15) is 10.1 Å². The molecular weight excluding hydrogens is 524 g/mol. The zero-order valence-corrected chi connectivity index (χ0v) is 25.6. The van der Waals surface area contributed by atoms with Gasteiger partial charge in [0, 0.05) is 44.6 Å². The molecule has 0 bridgehead atoms. The second-order valence-electron chi connectivity index (χ2n) is 11.4. The predicted octanol–water partition coefficient (Wildman–Crippen LogP) is 4.68. The Morgan fingerprint density at radius 3 is 2.54 bits per heavy atom. The van der Waals surface area contributed by atoms with Gasteiger partial charge >= 0.3 is 6.09 Å². The van der Waals surface area contributed by atoms with E-state index in [1.54, 1.807) is 11.1 Å². The molecule has 1 N–H and O–H groups in total. The normalized spacial score (nSPS) is 17.8. The zero-order valence-electron chi connectivity index (χ0n) is 25.6. The number of carbonyl (C=O) groups excluding carboxylic acids is 1. The highest BCUT2D eigenvalue weighted by Gasteiger charge is 2.36. The van der Waals surface area contributed by atoms with Crippen molar-refractivity contribution in [3.05, 3.63) is 29.6 Å². The fraction of sp³-hybridized carbons (Fsp3) is 0.621. The van der Waals surface area contributed by atoms with E-state index in [9.17, 15) is 4.79 Å². The van der Waals surface area contributed by atoms with Gasteiger partial charge in [0.2, 0.25) is 5.95 Å². The molecule has 3 aromatic heterocycles. The second kappa shape index (κ2) is 13.0. The van der Waals surface area contributed by atoms with Gasteiger partial charge in [-0.1, -0.05) is 0 Å². The first-order valence-electron chi connectivity index (χ1n) is 14.4. The van der Waals surface area contributed by atoms with E-state index in [0.717, 1.165) is 16.8 Å². The molecule has 12 nitrogen and oxygen atoms in total. The van der Waals surface area contributed by atoms with Gasteiger partial charge in [0.15, 0.2) is 5.82 Å². The van der Waals surface area contributed by atoms with Crippen molar-refractivity contribution in [2.24, 2.45) is 0 Å². The van der Waals surface area contributed by atoms with E-state index in [1.165, 1.54) is 0 Å². The van der Waals surface area contributed by atoms with E-state index in [2.05, 4.69) is 22.1 Å². The Hall–Kier alpha value is -3.51. The molecule has 1 amide bonds. The van der Waals surface area contributed by atoms with Crippen LogP contribution in [-0.2, 0) is 27.4 Å². The maximum atomic E-state index is 12.9. The van der Waals surface area contributed by atoms with Gasteiger partial charge in [-0.05, 0) is 73.1 Å². The van der Waals surface area contributed by atoms with Crippen LogP contribution in [0, 0.1) is 6.92 Å². The third-order valence-electron chi connectivity index (χ3n) is 6.77. The van der Waals surface area contributed by atoms with Crippen LogP contribution in [0.25, 0.3) is 11.0 Å². The van der Waals surface area contributed by atoms with Crippen molar-refractivity contribution in [3.63, 3.8) is 0 Å². The summed E-state index contributed by atoms with van der Waals surface area (Å²) in [5.41, 5.74) is 2.73. The maximum Gasteiger partial charge on any atom is 0.410 e. The molecule has 1 fully saturated rings. The van der Waals surface area contributed by atoms with Crippen molar-refractivity contribution in [2.45, 2.75) is 86.2 Å². The van der Waals surface area contributed by atoms with Gasteiger partial charge in [0.1, 0.15) is 28.1 Å². The van der Waals surface area contributed by atoms with Crippen LogP contribution in [0.4, 0.5) is 22.4 Å². The van der Waals surface area contributed by atoms with Gasteiger partial charge < -0.3 is 29.3 Å². The third-order valence-corrected chi connectivity index (χ3v) is 6.77. The summed E-state index contributed by atoms with van der Waals surface area (Å²) in [4.78, 5) is 31.4. The van der Waals surface area contributed by atoms with Crippen molar-refractivity contribution in [1.29, 1.82) is 0 Å². The standard InChI is InChI=1S/C29H44N8O4/c1-9-39-14-13-37-25-24(22(34-37)18-40-10-2)32-27(33-26(25)31-23-15-19(3)11-12-30-23)35-16-21(5)36(17-20(35)4)28(38)41-29(6,7)8/h11-12,15,20-21H,9-10,13-14,16-18H2,1-8H3,(H,30,31,32,33)/t20-,21-/m0/s1. The lowest BCUT2D eigenvalue weighted by Crippen LogP contribution is -2.59. The highest BCUT2D eigenvalue weighted by Crippen LogP contribution is 2.31. The summed E-state index contributed by atoms with van der Waals surface area (Å²) in [7, 11) is 0. The molecule has 0 aliphatic carbocycles. The average molecular weight is 569 g/mol. The number of aromatic nitrogens is 5. The number of hydrogen-bond donors (Lipinski definition) is 1. The summed E-state index contributed by atoms with van der Waals surface area (Å²) in [5.74, 6) is 1.83. The van der Waals surface area contributed by atoms with E-state index >= 15 is 0 Å². The van der Waals surface area contributed by atoms with Gasteiger partial charge in [0.05, 0.1) is 19.8 Å². The zero-order chi connectivity index (χ0) is 29.7. The number of ether oxygens (including phenoxy) is 3. The van der Waals surface area contributed by atoms with Gasteiger partial charge in [0.25, 0.3) is 0 Å². The molecular formula is C29H44N8O4. The van der Waals surface area contributed by atoms with Crippen LogP contribution in [0.5, 0.6) is 0 Å². The van der Waals surface area contributed by atoms with Gasteiger partial charge in [-0.3, -0.25) is 4.68 Å². The molecule has 224 valence electrons. The van der Waals surface area contributed by atoms with Crippen LogP contribution in [0.1, 0.15) is 59.7 Å². The number of pyridine rings is 1. The summed E-state index contributed by atoms with van der Waals surface area (Å²) in [6, 6.07) is 3.77. The Kier molecular flexibility index (Phi) is 9.64. The topological polar surface area (TPSA) is 120 Å². The summed E-state index contributed by atoms with van der Waals surface area (Å²) in [6.45, 7) is 19.3. The quantitative estimate of drug-likeness (QED) is 0.345. The third kappa shape index (κ3) is 7.42. The molecule has 12 heteroatoms. The van der Waals surface area contributed by atoms with E-state index in [0.29, 0.717) is 69.2 Å². The molecule has 0 radical (unpaired) electrons. The van der Waals surface area contributed by atoms with E-state index < -0.39 is 5.60 Å². The first-order chi connectivity index (χ1) is 19.5. The van der Waals surface area contributed by atoms with Gasteiger partial charge in [-0.15, -0.1) is 0 Å². The Labute approximate surface area is 242 Å². The van der Waals surface area contributed by atoms with Gasteiger partial charge in [-0.25, -0.2) is 14.8 Å². The summed E-state index contributed by atoms with van der Waals surface area (Å²) in [6.07, 6.45) is 1.46. The number of piperazine rings is 1. The lowest BCUT2D eigenvalue weighted by atomic mass is 10.1. The highest BCUT2D eigenvalue weighted by molar-refractivity contribution is 5.90. The monoisotopic (exact) mass is 568 g/mol. The van der Waals surface area contributed by atoms with Crippen molar-refractivity contribution in [2.75, 3.05) is 43.1 Å². The van der Waals surface area contributed by atoms with Crippen LogP contribution in [0.15, 0.2) is 18.3 Å². The van der Waals surface area contributed by atoms with E-state index in [4.69, 9.17) is 29.3 Å². The summed E-state index contributed by atoms with van der Waals surface area (Å²) < 4.78 is 19.0. The van der Waals surface area contributed by atoms with Crippen molar-refractivity contribution < 1.29 is 19.0 Å². The minimum atomic E-state index is -0.561. The number of nitrogens with zero attached hydrogens (tertiary/aromatic N) is 7. The second-order valence-corrected chi connectivity index (χ2v) is 11.4. The fourth-order valence-corrected chi connectivity index (χ4v) is 4.81. The molecule has 4 heterocycles. The minimum absolute atomic E-state index is 0.0514. The number of hydrogen-bond acceptors (Lipinski definition) is 10. The van der Waals surface area contributed by atoms with Crippen LogP contribution >= 0.6 is 0 Å². The van der Waals surface area contributed by atoms with E-state index in [1.807, 2.05) is 65.3 Å². The number of fused-ring (bicyclic) bond motifs is 1. The Bertz CT molecular complexity index is 1340. The molecule has 41 heavy (non-hydrogen) atoms. The van der Waals surface area contributed by atoms with Crippen LogP contribution < -0.4 is 10.2 Å². The lowest BCUT2D eigenvalue weighted by molar-refractivity contribution is 0.0129. The minimum Gasteiger partial charge on any atom is -0.444 e. The molecule has 4 rings (SSSR count). The fourth-order valence-electron chi connectivity index (χ4n) is 4.81. The maximum absolute atomic E-state index is 12.9. The predicted molar refractivity (Wildman–Crippen MR) is 159 cm³/mol. The number of nitrogens with one attached hydrogen (secondary N) is 1. The van der Waals surface area contributed by atoms with Crippen molar-refractivity contribution >= 4 is 34.7 Å². The van der Waals surface area contributed by atoms with Crippen LogP contribution in [0.2, 0.25) is 0 Å². The Morgan fingerprint density at radius 1 is 1.10 bits per heavy atom. The summed E-state index contributed by atoms with van der Waals surface area (Å²) >= 11 is 0. The summed E-state index contributed by atoms with van der Waals surface area (Å²) in [5, 5.41) is 8.30. The number of amides is 1. The molecule has 0 saturated carbocycles. The number of rotatable bonds is 10. The smallest absolute Gasteiger partial charge is 0.410 e. The number of anilines is 3. The molecule has 0 aromatic carbocycles. The first-order valence-corrected chi connectivity index (χ1v) is 14.4. The Balaban J connectivity index is 1.76.